The average Bonchev–Trinajstić information content (AvgIpc) is 2.58. The first-order valence-corrected chi connectivity index (χ1v) is 8.14. The van der Waals surface area contributed by atoms with Gasteiger partial charge in [0.05, 0.1) is 0 Å². The molecule has 2 rings (SSSR count). The second kappa shape index (κ2) is 10.2. The smallest absolute Gasteiger partial charge is 0.260 e. The van der Waals surface area contributed by atoms with E-state index in [-0.39, 0.29) is 24.9 Å². The predicted molar refractivity (Wildman–Crippen MR) is 95.6 cm³/mol. The molecule has 0 atom stereocenters. The lowest BCUT2D eigenvalue weighted by Crippen LogP contribution is -2.48. The maximum atomic E-state index is 12.5. The van der Waals surface area contributed by atoms with Gasteiger partial charge in [0, 0.05) is 18.2 Å². The van der Waals surface area contributed by atoms with Crippen LogP contribution in [0.15, 0.2) is 24.3 Å². The van der Waals surface area contributed by atoms with E-state index in [9.17, 15) is 9.59 Å². The van der Waals surface area contributed by atoms with Gasteiger partial charge < -0.3 is 20.7 Å². The number of carbonyl (C=O) groups excluding carboxylic acids is 2. The Labute approximate surface area is 149 Å². The minimum Gasteiger partial charge on any atom is -0.484 e. The standard InChI is InChI=1S/C17H25N3O3.ClH/c1-2-11-20(14-7-9-19-10-8-14)16(21)12-23-15-5-3-13(4-6-15)17(18)22;/h3-6,14,19H,2,7-12H2,1H3,(H2,18,22);1H. The number of carbonyl (C=O) groups is 2. The quantitative estimate of drug-likeness (QED) is 0.777. The van der Waals surface area contributed by atoms with Crippen LogP contribution in [0.4, 0.5) is 0 Å². The van der Waals surface area contributed by atoms with E-state index in [2.05, 4.69) is 12.2 Å². The first kappa shape index (κ1) is 20.3. The predicted octanol–water partition coefficient (Wildman–Crippen LogP) is 1.58. The van der Waals surface area contributed by atoms with Crippen LogP contribution in [0.1, 0.15) is 36.5 Å². The van der Waals surface area contributed by atoms with Gasteiger partial charge in [0.2, 0.25) is 5.91 Å². The third-order valence-corrected chi connectivity index (χ3v) is 4.04. The topological polar surface area (TPSA) is 84.7 Å². The highest BCUT2D eigenvalue weighted by Gasteiger charge is 2.24. The van der Waals surface area contributed by atoms with Gasteiger partial charge in [0.1, 0.15) is 5.75 Å². The fourth-order valence-electron chi connectivity index (χ4n) is 2.81. The summed E-state index contributed by atoms with van der Waals surface area (Å²) in [6.45, 7) is 4.75. The Morgan fingerprint density at radius 3 is 2.42 bits per heavy atom. The molecule has 2 amide bonds. The monoisotopic (exact) mass is 355 g/mol. The molecule has 1 fully saturated rings. The van der Waals surface area contributed by atoms with Crippen molar-refractivity contribution in [2.75, 3.05) is 26.2 Å². The van der Waals surface area contributed by atoms with Crippen LogP contribution < -0.4 is 15.8 Å². The third-order valence-electron chi connectivity index (χ3n) is 4.04. The van der Waals surface area contributed by atoms with E-state index in [0.717, 1.165) is 38.9 Å². The molecule has 0 bridgehead atoms. The van der Waals surface area contributed by atoms with E-state index in [1.165, 1.54) is 0 Å². The number of nitrogens with two attached hydrogens (primary N) is 1. The number of rotatable bonds is 7. The highest BCUT2D eigenvalue weighted by Crippen LogP contribution is 2.15. The molecule has 0 unspecified atom stereocenters. The normalized spacial score (nSPS) is 14.5. The van der Waals surface area contributed by atoms with Gasteiger partial charge in [-0.05, 0) is 56.6 Å². The van der Waals surface area contributed by atoms with Gasteiger partial charge in [-0.1, -0.05) is 6.92 Å². The van der Waals surface area contributed by atoms with Gasteiger partial charge in [-0.2, -0.15) is 0 Å². The first-order chi connectivity index (χ1) is 11.1. The third kappa shape index (κ3) is 5.69. The van der Waals surface area contributed by atoms with Gasteiger partial charge in [0.15, 0.2) is 6.61 Å². The van der Waals surface area contributed by atoms with Crippen molar-refractivity contribution < 1.29 is 14.3 Å². The molecule has 1 aliphatic rings. The van der Waals surface area contributed by atoms with Gasteiger partial charge in [-0.3, -0.25) is 9.59 Å². The Morgan fingerprint density at radius 1 is 1.25 bits per heavy atom. The Bertz CT molecular complexity index is 530. The number of hydrogen-bond donors (Lipinski definition) is 2. The van der Waals surface area contributed by atoms with Crippen LogP contribution >= 0.6 is 12.4 Å². The van der Waals surface area contributed by atoms with Gasteiger partial charge in [-0.15, -0.1) is 12.4 Å². The van der Waals surface area contributed by atoms with Crippen molar-refractivity contribution in [3.8, 4) is 5.75 Å². The van der Waals surface area contributed by atoms with E-state index in [1.807, 2.05) is 4.90 Å². The van der Waals surface area contributed by atoms with Crippen molar-refractivity contribution in [1.82, 2.24) is 10.2 Å². The van der Waals surface area contributed by atoms with Crippen molar-refractivity contribution in [2.45, 2.75) is 32.2 Å². The minimum absolute atomic E-state index is 0. The molecule has 6 nitrogen and oxygen atoms in total. The molecule has 1 aliphatic heterocycles. The number of hydrogen-bond acceptors (Lipinski definition) is 4. The Kier molecular flexibility index (Phi) is 8.57. The lowest BCUT2D eigenvalue weighted by Gasteiger charge is -2.34. The lowest BCUT2D eigenvalue weighted by atomic mass is 10.0. The summed E-state index contributed by atoms with van der Waals surface area (Å²) in [7, 11) is 0. The van der Waals surface area contributed by atoms with Crippen molar-refractivity contribution in [2.24, 2.45) is 5.73 Å². The van der Waals surface area contributed by atoms with Crippen LogP contribution in [0.3, 0.4) is 0 Å². The molecular formula is C17H26ClN3O3. The molecule has 1 aromatic carbocycles. The number of piperidine rings is 1. The molecule has 1 heterocycles. The fraction of sp³-hybridized carbons (Fsp3) is 0.529. The van der Waals surface area contributed by atoms with Crippen molar-refractivity contribution in [3.05, 3.63) is 29.8 Å². The molecule has 0 spiro atoms. The molecular weight excluding hydrogens is 330 g/mol. The van der Waals surface area contributed by atoms with E-state index < -0.39 is 5.91 Å². The minimum atomic E-state index is -0.479. The molecule has 3 N–H and O–H groups in total. The van der Waals surface area contributed by atoms with Crippen LogP contribution in [0.25, 0.3) is 0 Å². The summed E-state index contributed by atoms with van der Waals surface area (Å²) < 4.78 is 5.56. The first-order valence-electron chi connectivity index (χ1n) is 8.14. The molecule has 1 aromatic rings. The number of amides is 2. The zero-order valence-electron chi connectivity index (χ0n) is 14.0. The van der Waals surface area contributed by atoms with E-state index in [1.54, 1.807) is 24.3 Å². The summed E-state index contributed by atoms with van der Waals surface area (Å²) in [6.07, 6.45) is 2.90. The summed E-state index contributed by atoms with van der Waals surface area (Å²) in [6, 6.07) is 6.80. The molecule has 1 saturated heterocycles. The molecule has 134 valence electrons. The van der Waals surface area contributed by atoms with E-state index in [4.69, 9.17) is 10.5 Å². The molecule has 24 heavy (non-hydrogen) atoms. The Hall–Kier alpha value is -1.79. The molecule has 0 aliphatic carbocycles. The number of nitrogens with zero attached hydrogens (tertiary/aromatic N) is 1. The van der Waals surface area contributed by atoms with E-state index in [0.29, 0.717) is 17.4 Å². The number of halogens is 1. The van der Waals surface area contributed by atoms with Gasteiger partial charge in [-0.25, -0.2) is 0 Å². The lowest BCUT2D eigenvalue weighted by molar-refractivity contribution is -0.136. The van der Waals surface area contributed by atoms with Gasteiger partial charge in [0.25, 0.3) is 5.91 Å². The summed E-state index contributed by atoms with van der Waals surface area (Å²) in [4.78, 5) is 25.5. The van der Waals surface area contributed by atoms with Crippen LogP contribution in [0.5, 0.6) is 5.75 Å². The molecule has 0 aromatic heterocycles. The Balaban J connectivity index is 0.00000288. The summed E-state index contributed by atoms with van der Waals surface area (Å²) in [5.41, 5.74) is 5.62. The van der Waals surface area contributed by atoms with Crippen LogP contribution in [-0.4, -0.2) is 49.0 Å². The van der Waals surface area contributed by atoms with Crippen LogP contribution in [-0.2, 0) is 4.79 Å². The Morgan fingerprint density at radius 2 is 1.88 bits per heavy atom. The maximum Gasteiger partial charge on any atom is 0.260 e. The fourth-order valence-corrected chi connectivity index (χ4v) is 2.81. The van der Waals surface area contributed by atoms with E-state index >= 15 is 0 Å². The summed E-state index contributed by atoms with van der Waals surface area (Å²) in [5.74, 6) is 0.0930. The molecule has 0 saturated carbocycles. The zero-order valence-corrected chi connectivity index (χ0v) is 14.8. The molecule has 0 radical (unpaired) electrons. The maximum absolute atomic E-state index is 12.5. The van der Waals surface area contributed by atoms with Crippen molar-refractivity contribution >= 4 is 24.2 Å². The molecule has 7 heteroatoms. The number of nitrogens with one attached hydrogen (secondary N) is 1. The second-order valence-electron chi connectivity index (χ2n) is 5.75. The number of benzene rings is 1. The summed E-state index contributed by atoms with van der Waals surface area (Å²) in [5, 5.41) is 3.32. The van der Waals surface area contributed by atoms with Crippen molar-refractivity contribution in [3.63, 3.8) is 0 Å². The van der Waals surface area contributed by atoms with Crippen molar-refractivity contribution in [1.29, 1.82) is 0 Å². The average molecular weight is 356 g/mol. The highest BCUT2D eigenvalue weighted by atomic mass is 35.5. The summed E-state index contributed by atoms with van der Waals surface area (Å²) >= 11 is 0. The SMILES string of the molecule is CCCN(C(=O)COc1ccc(C(N)=O)cc1)C1CCNCC1.Cl. The number of primary amides is 1. The largest absolute Gasteiger partial charge is 0.484 e. The van der Waals surface area contributed by atoms with Crippen LogP contribution in [0, 0.1) is 0 Å². The second-order valence-corrected chi connectivity index (χ2v) is 5.75. The number of ether oxygens (including phenoxy) is 1. The van der Waals surface area contributed by atoms with Crippen LogP contribution in [0.2, 0.25) is 0 Å². The zero-order chi connectivity index (χ0) is 16.7. The van der Waals surface area contributed by atoms with Gasteiger partial charge >= 0.3 is 0 Å². The highest BCUT2D eigenvalue weighted by molar-refractivity contribution is 5.92.